The van der Waals surface area contributed by atoms with Gasteiger partial charge in [-0.25, -0.2) is 0 Å². The molecule has 1 unspecified atom stereocenters. The molecule has 0 saturated carbocycles. The first kappa shape index (κ1) is 21.4. The molecule has 0 saturated heterocycles. The summed E-state index contributed by atoms with van der Waals surface area (Å²) in [5.74, 6) is 0.713. The minimum absolute atomic E-state index is 0.126. The van der Waals surface area contributed by atoms with Gasteiger partial charge in [-0.1, -0.05) is 50.3 Å². The monoisotopic (exact) mass is 404 g/mol. The van der Waals surface area contributed by atoms with Gasteiger partial charge in [0.1, 0.15) is 5.75 Å². The lowest BCUT2D eigenvalue weighted by atomic mass is 10.0. The lowest BCUT2D eigenvalue weighted by Gasteiger charge is -2.33. The van der Waals surface area contributed by atoms with E-state index < -0.39 is 6.10 Å². The average molecular weight is 405 g/mol. The highest BCUT2D eigenvalue weighted by atomic mass is 16.5. The molecule has 0 aromatic heterocycles. The highest BCUT2D eigenvalue weighted by Gasteiger charge is 2.31. The van der Waals surface area contributed by atoms with Crippen molar-refractivity contribution in [1.29, 1.82) is 0 Å². The maximum atomic E-state index is 12.5. The molecule has 1 aliphatic heterocycles. The number of carbonyl (C=O) groups excluding carboxylic acids is 2. The maximum Gasteiger partial charge on any atom is 0.268 e. The molecule has 2 aromatic carbocycles. The summed E-state index contributed by atoms with van der Waals surface area (Å²) in [5, 5.41) is 2.85. The van der Waals surface area contributed by atoms with E-state index in [4.69, 9.17) is 4.74 Å². The van der Waals surface area contributed by atoms with Gasteiger partial charge in [0, 0.05) is 18.3 Å². The Hall–Kier alpha value is -3.34. The van der Waals surface area contributed by atoms with E-state index in [2.05, 4.69) is 37.9 Å². The zero-order valence-electron chi connectivity index (χ0n) is 17.9. The summed E-state index contributed by atoms with van der Waals surface area (Å²) in [4.78, 5) is 26.6. The summed E-state index contributed by atoms with van der Waals surface area (Å²) < 4.78 is 5.70. The van der Waals surface area contributed by atoms with Gasteiger partial charge in [-0.2, -0.15) is 0 Å². The third-order valence-corrected chi connectivity index (χ3v) is 4.89. The molecule has 3 rings (SSSR count). The Morgan fingerprint density at radius 3 is 2.57 bits per heavy atom. The second-order valence-electron chi connectivity index (χ2n) is 7.97. The number of fused-ring (bicyclic) bond motifs is 1. The number of ether oxygens (including phenoxy) is 1. The van der Waals surface area contributed by atoms with Gasteiger partial charge in [0.05, 0.1) is 5.69 Å². The lowest BCUT2D eigenvalue weighted by molar-refractivity contribution is -0.125. The van der Waals surface area contributed by atoms with E-state index in [-0.39, 0.29) is 11.8 Å². The molecule has 30 heavy (non-hydrogen) atoms. The fourth-order valence-corrected chi connectivity index (χ4v) is 3.27. The summed E-state index contributed by atoms with van der Waals surface area (Å²) in [6, 6.07) is 13.4. The quantitative estimate of drug-likeness (QED) is 0.535. The number of anilines is 2. The van der Waals surface area contributed by atoms with Crippen molar-refractivity contribution in [1.82, 2.24) is 0 Å². The van der Waals surface area contributed by atoms with E-state index in [0.717, 1.165) is 11.1 Å². The molecule has 5 heteroatoms. The number of amides is 2. The Morgan fingerprint density at radius 1 is 1.23 bits per heavy atom. The smallest absolute Gasteiger partial charge is 0.268 e. The number of benzene rings is 2. The predicted molar refractivity (Wildman–Crippen MR) is 122 cm³/mol. The van der Waals surface area contributed by atoms with Crippen molar-refractivity contribution in [3.05, 3.63) is 71.8 Å². The lowest BCUT2D eigenvalue weighted by Crippen LogP contribution is -2.45. The van der Waals surface area contributed by atoms with E-state index >= 15 is 0 Å². The van der Waals surface area contributed by atoms with Crippen LogP contribution in [-0.2, 0) is 9.59 Å². The zero-order chi connectivity index (χ0) is 21.8. The number of hydrogen-bond acceptors (Lipinski definition) is 3. The molecule has 0 bridgehead atoms. The Bertz CT molecular complexity index is 990. The first-order chi connectivity index (χ1) is 14.2. The number of hydrogen-bond donors (Lipinski definition) is 1. The van der Waals surface area contributed by atoms with Crippen molar-refractivity contribution in [2.75, 3.05) is 16.8 Å². The number of rotatable bonds is 6. The van der Waals surface area contributed by atoms with Gasteiger partial charge in [-0.05, 0) is 55.2 Å². The van der Waals surface area contributed by atoms with Crippen LogP contribution in [0.15, 0.2) is 60.7 Å². The third-order valence-electron chi connectivity index (χ3n) is 4.89. The van der Waals surface area contributed by atoms with Crippen LogP contribution in [0.5, 0.6) is 5.75 Å². The first-order valence-corrected chi connectivity index (χ1v) is 10.1. The van der Waals surface area contributed by atoms with Crippen LogP contribution in [-0.4, -0.2) is 24.5 Å². The Balaban J connectivity index is 1.74. The van der Waals surface area contributed by atoms with Gasteiger partial charge < -0.3 is 15.0 Å². The van der Waals surface area contributed by atoms with Crippen molar-refractivity contribution < 1.29 is 14.3 Å². The van der Waals surface area contributed by atoms with Crippen molar-refractivity contribution >= 4 is 29.3 Å². The molecule has 1 atom stereocenters. The van der Waals surface area contributed by atoms with Crippen molar-refractivity contribution in [3.63, 3.8) is 0 Å². The standard InChI is InChI=1S/C25H28N2O3/c1-16(2)15-27-22-14-21(11-12-23(22)30-18(5)25(27)29)26-24(28)13-8-19-6-9-20(10-7-19)17(3)4/h6-14,17-18H,1,15H2,2-5H3,(H,26,28)/b13-8+. The fourth-order valence-electron chi connectivity index (χ4n) is 3.27. The fraction of sp³-hybridized carbons (Fsp3) is 0.280. The molecule has 1 aliphatic rings. The second kappa shape index (κ2) is 8.99. The molecule has 1 N–H and O–H groups in total. The molecule has 5 nitrogen and oxygen atoms in total. The first-order valence-electron chi connectivity index (χ1n) is 10.1. The van der Waals surface area contributed by atoms with Crippen LogP contribution >= 0.6 is 0 Å². The van der Waals surface area contributed by atoms with E-state index in [1.807, 2.05) is 19.1 Å². The van der Waals surface area contributed by atoms with Crippen LogP contribution in [0, 0.1) is 0 Å². The van der Waals surface area contributed by atoms with Crippen LogP contribution < -0.4 is 15.0 Å². The van der Waals surface area contributed by atoms with Gasteiger partial charge in [-0.15, -0.1) is 0 Å². The maximum absolute atomic E-state index is 12.5. The summed E-state index contributed by atoms with van der Waals surface area (Å²) in [6.45, 7) is 12.2. The highest BCUT2D eigenvalue weighted by Crippen LogP contribution is 2.36. The number of carbonyl (C=O) groups is 2. The number of nitrogens with zero attached hydrogens (tertiary/aromatic N) is 1. The Labute approximate surface area is 178 Å². The molecule has 1 heterocycles. The van der Waals surface area contributed by atoms with Crippen LogP contribution in [0.1, 0.15) is 44.7 Å². The molecule has 156 valence electrons. The SMILES string of the molecule is C=C(C)CN1C(=O)C(C)Oc2ccc(NC(=O)/C=C/c3ccc(C(C)C)cc3)cc21. The molecular formula is C25H28N2O3. The van der Waals surface area contributed by atoms with Gasteiger partial charge in [0.25, 0.3) is 5.91 Å². The van der Waals surface area contributed by atoms with E-state index in [0.29, 0.717) is 29.6 Å². The normalized spacial score (nSPS) is 15.8. The Morgan fingerprint density at radius 2 is 1.93 bits per heavy atom. The van der Waals surface area contributed by atoms with Crippen LogP contribution in [0.2, 0.25) is 0 Å². The molecular weight excluding hydrogens is 376 g/mol. The molecule has 0 radical (unpaired) electrons. The molecule has 2 aromatic rings. The summed E-state index contributed by atoms with van der Waals surface area (Å²) in [7, 11) is 0. The second-order valence-corrected chi connectivity index (χ2v) is 7.97. The highest BCUT2D eigenvalue weighted by molar-refractivity contribution is 6.04. The van der Waals surface area contributed by atoms with Crippen LogP contribution in [0.25, 0.3) is 6.08 Å². The van der Waals surface area contributed by atoms with Gasteiger partial charge in [0.15, 0.2) is 6.10 Å². The summed E-state index contributed by atoms with van der Waals surface area (Å²) >= 11 is 0. The molecule has 0 aliphatic carbocycles. The van der Waals surface area contributed by atoms with Crippen molar-refractivity contribution in [2.24, 2.45) is 0 Å². The molecule has 0 fully saturated rings. The zero-order valence-corrected chi connectivity index (χ0v) is 17.9. The third kappa shape index (κ3) is 4.98. The van der Waals surface area contributed by atoms with Crippen LogP contribution in [0.3, 0.4) is 0 Å². The van der Waals surface area contributed by atoms with Gasteiger partial charge >= 0.3 is 0 Å². The minimum Gasteiger partial charge on any atom is -0.479 e. The van der Waals surface area contributed by atoms with Crippen molar-refractivity contribution in [2.45, 2.75) is 39.7 Å². The van der Waals surface area contributed by atoms with Crippen molar-refractivity contribution in [3.8, 4) is 5.75 Å². The van der Waals surface area contributed by atoms with Gasteiger partial charge in [0.2, 0.25) is 5.91 Å². The van der Waals surface area contributed by atoms with E-state index in [1.165, 1.54) is 11.6 Å². The van der Waals surface area contributed by atoms with Gasteiger partial charge in [-0.3, -0.25) is 9.59 Å². The number of nitrogens with one attached hydrogen (secondary N) is 1. The van der Waals surface area contributed by atoms with Crippen LogP contribution in [0.4, 0.5) is 11.4 Å². The predicted octanol–water partition coefficient (Wildman–Crippen LogP) is 5.15. The largest absolute Gasteiger partial charge is 0.479 e. The Kier molecular flexibility index (Phi) is 6.40. The topological polar surface area (TPSA) is 58.6 Å². The van der Waals surface area contributed by atoms with E-state index in [9.17, 15) is 9.59 Å². The minimum atomic E-state index is -0.553. The molecule has 0 spiro atoms. The summed E-state index contributed by atoms with van der Waals surface area (Å²) in [5.41, 5.74) is 4.31. The van der Waals surface area contributed by atoms with E-state index in [1.54, 1.807) is 36.1 Å². The molecule has 2 amide bonds. The average Bonchev–Trinajstić information content (AvgIpc) is 2.70. The summed E-state index contributed by atoms with van der Waals surface area (Å²) in [6.07, 6.45) is 2.72.